The molecule has 0 spiro atoms. The van der Waals surface area contributed by atoms with Gasteiger partial charge < -0.3 is 10.2 Å². The Labute approximate surface area is 169 Å². The van der Waals surface area contributed by atoms with Crippen molar-refractivity contribution in [3.63, 3.8) is 0 Å². The molecule has 4 amide bonds. The van der Waals surface area contributed by atoms with Crippen LogP contribution >= 0.6 is 0 Å². The molecule has 0 saturated carbocycles. The number of anilines is 1. The van der Waals surface area contributed by atoms with Crippen molar-refractivity contribution in [1.29, 1.82) is 0 Å². The lowest BCUT2D eigenvalue weighted by Gasteiger charge is -2.19. The lowest BCUT2D eigenvalue weighted by Crippen LogP contribution is -2.32. The van der Waals surface area contributed by atoms with Crippen LogP contribution in [-0.4, -0.2) is 46.5 Å². The molecule has 0 bridgehead atoms. The normalized spacial score (nSPS) is 12.7. The van der Waals surface area contributed by atoms with Crippen LogP contribution in [0.25, 0.3) is 0 Å². The molecule has 3 rings (SSSR count). The lowest BCUT2D eigenvalue weighted by atomic mass is 10.1. The maximum Gasteiger partial charge on any atom is 0.261 e. The van der Waals surface area contributed by atoms with Crippen molar-refractivity contribution in [2.75, 3.05) is 18.4 Å². The van der Waals surface area contributed by atoms with Crippen molar-refractivity contribution in [2.45, 2.75) is 26.8 Å². The summed E-state index contributed by atoms with van der Waals surface area (Å²) in [5, 5.41) is 2.79. The van der Waals surface area contributed by atoms with E-state index in [1.54, 1.807) is 35.2 Å². The molecule has 0 aliphatic carbocycles. The Bertz CT molecular complexity index is 935. The lowest BCUT2D eigenvalue weighted by molar-refractivity contribution is -0.129. The zero-order valence-corrected chi connectivity index (χ0v) is 16.5. The van der Waals surface area contributed by atoms with Gasteiger partial charge in [-0.3, -0.25) is 24.1 Å². The van der Waals surface area contributed by atoms with Crippen LogP contribution in [-0.2, 0) is 16.1 Å². The van der Waals surface area contributed by atoms with E-state index in [1.807, 2.05) is 25.1 Å². The van der Waals surface area contributed by atoms with E-state index >= 15 is 0 Å². The first-order chi connectivity index (χ1) is 13.9. The Balaban J connectivity index is 1.58. The Morgan fingerprint density at radius 1 is 1.00 bits per heavy atom. The van der Waals surface area contributed by atoms with Gasteiger partial charge in [0.05, 0.1) is 11.1 Å². The van der Waals surface area contributed by atoms with Gasteiger partial charge in [0.15, 0.2) is 0 Å². The molecular formula is C22H23N3O4. The van der Waals surface area contributed by atoms with Gasteiger partial charge in [-0.05, 0) is 36.8 Å². The molecule has 1 aliphatic rings. The number of fused-ring (bicyclic) bond motifs is 1. The molecule has 2 aromatic rings. The second-order valence-electron chi connectivity index (χ2n) is 6.84. The van der Waals surface area contributed by atoms with Crippen LogP contribution in [0.2, 0.25) is 0 Å². The molecule has 0 atom stereocenters. The van der Waals surface area contributed by atoms with E-state index in [9.17, 15) is 19.2 Å². The molecule has 0 fully saturated rings. The van der Waals surface area contributed by atoms with Gasteiger partial charge in [-0.15, -0.1) is 0 Å². The highest BCUT2D eigenvalue weighted by Gasteiger charge is 2.34. The fraction of sp³-hybridized carbons (Fsp3) is 0.273. The minimum atomic E-state index is -0.371. The van der Waals surface area contributed by atoms with E-state index in [1.165, 1.54) is 6.92 Å². The summed E-state index contributed by atoms with van der Waals surface area (Å²) in [6, 6.07) is 13.9. The van der Waals surface area contributed by atoms with Crippen molar-refractivity contribution in [3.8, 4) is 0 Å². The highest BCUT2D eigenvalue weighted by Crippen LogP contribution is 2.22. The highest BCUT2D eigenvalue weighted by molar-refractivity contribution is 6.21. The minimum absolute atomic E-state index is 0.00419. The average molecular weight is 393 g/mol. The molecule has 0 radical (unpaired) electrons. The van der Waals surface area contributed by atoms with E-state index in [2.05, 4.69) is 5.32 Å². The van der Waals surface area contributed by atoms with Crippen LogP contribution in [0.1, 0.15) is 46.5 Å². The van der Waals surface area contributed by atoms with Crippen molar-refractivity contribution >= 4 is 29.3 Å². The second-order valence-corrected chi connectivity index (χ2v) is 6.84. The van der Waals surface area contributed by atoms with Gasteiger partial charge in [0.25, 0.3) is 11.8 Å². The molecule has 7 nitrogen and oxygen atoms in total. The third-order valence-electron chi connectivity index (χ3n) is 4.85. The van der Waals surface area contributed by atoms with Crippen LogP contribution in [0, 0.1) is 0 Å². The maximum atomic E-state index is 12.4. The number of hydrogen-bond donors (Lipinski definition) is 1. The molecule has 150 valence electrons. The summed E-state index contributed by atoms with van der Waals surface area (Å²) in [5.41, 5.74) is 2.25. The molecule has 1 heterocycles. The summed E-state index contributed by atoms with van der Waals surface area (Å²) < 4.78 is 0. The maximum absolute atomic E-state index is 12.4. The third kappa shape index (κ3) is 4.51. The Morgan fingerprint density at radius 3 is 2.24 bits per heavy atom. The summed E-state index contributed by atoms with van der Waals surface area (Å²) >= 11 is 0. The van der Waals surface area contributed by atoms with E-state index in [-0.39, 0.29) is 36.6 Å². The largest absolute Gasteiger partial charge is 0.339 e. The van der Waals surface area contributed by atoms with Crippen LogP contribution in [0.15, 0.2) is 48.5 Å². The highest BCUT2D eigenvalue weighted by atomic mass is 16.2. The molecule has 29 heavy (non-hydrogen) atoms. The van der Waals surface area contributed by atoms with Gasteiger partial charge in [0.1, 0.15) is 0 Å². The summed E-state index contributed by atoms with van der Waals surface area (Å²) in [6.07, 6.45) is 0.00419. The third-order valence-corrected chi connectivity index (χ3v) is 4.85. The van der Waals surface area contributed by atoms with Gasteiger partial charge >= 0.3 is 0 Å². The van der Waals surface area contributed by atoms with Gasteiger partial charge in [-0.1, -0.05) is 24.3 Å². The molecular weight excluding hydrogens is 370 g/mol. The molecule has 0 aromatic heterocycles. The molecule has 7 heteroatoms. The predicted molar refractivity (Wildman–Crippen MR) is 108 cm³/mol. The van der Waals surface area contributed by atoms with Gasteiger partial charge in [-0.2, -0.15) is 0 Å². The summed E-state index contributed by atoms with van der Waals surface area (Å²) in [6.45, 7) is 4.52. The number of rotatable bonds is 7. The summed E-state index contributed by atoms with van der Waals surface area (Å²) in [5.74, 6) is -1.05. The van der Waals surface area contributed by atoms with Crippen LogP contribution in [0.4, 0.5) is 5.69 Å². The fourth-order valence-electron chi connectivity index (χ4n) is 3.29. The number of benzene rings is 2. The monoisotopic (exact) mass is 393 g/mol. The topological polar surface area (TPSA) is 86.8 Å². The zero-order chi connectivity index (χ0) is 21.0. The van der Waals surface area contributed by atoms with Crippen molar-refractivity contribution < 1.29 is 19.2 Å². The first-order valence-electron chi connectivity index (χ1n) is 9.50. The number of imide groups is 1. The minimum Gasteiger partial charge on any atom is -0.339 e. The molecule has 1 aliphatic heterocycles. The van der Waals surface area contributed by atoms with Crippen LogP contribution in [0.3, 0.4) is 0 Å². The molecule has 1 N–H and O–H groups in total. The standard InChI is InChI=1S/C22H23N3O4/c1-3-24(15(2)26)14-16-7-6-8-17(13-16)23-20(27)11-12-25-21(28)18-9-4-5-10-19(18)22(25)29/h4-10,13H,3,11-12,14H2,1-2H3,(H,23,27). The van der Waals surface area contributed by atoms with Gasteiger partial charge in [0, 0.05) is 38.7 Å². The molecule has 2 aromatic carbocycles. The number of carbonyl (C=O) groups is 4. The second kappa shape index (κ2) is 8.68. The summed E-state index contributed by atoms with van der Waals surface area (Å²) in [7, 11) is 0. The van der Waals surface area contributed by atoms with E-state index in [0.29, 0.717) is 29.9 Å². The zero-order valence-electron chi connectivity index (χ0n) is 16.5. The Hall–Kier alpha value is -3.48. The Kier molecular flexibility index (Phi) is 6.07. The number of hydrogen-bond acceptors (Lipinski definition) is 4. The smallest absolute Gasteiger partial charge is 0.261 e. The van der Waals surface area contributed by atoms with Crippen molar-refractivity contribution in [3.05, 3.63) is 65.2 Å². The first-order valence-corrected chi connectivity index (χ1v) is 9.50. The van der Waals surface area contributed by atoms with E-state index < -0.39 is 0 Å². The number of nitrogens with zero attached hydrogens (tertiary/aromatic N) is 2. The number of carbonyl (C=O) groups excluding carboxylic acids is 4. The van der Waals surface area contributed by atoms with Crippen molar-refractivity contribution in [2.24, 2.45) is 0 Å². The predicted octanol–water partition coefficient (Wildman–Crippen LogP) is 2.68. The number of nitrogens with one attached hydrogen (secondary N) is 1. The summed E-state index contributed by atoms with van der Waals surface area (Å²) in [4.78, 5) is 51.4. The quantitative estimate of drug-likeness (QED) is 0.733. The van der Waals surface area contributed by atoms with Crippen molar-refractivity contribution in [1.82, 2.24) is 9.80 Å². The molecule has 0 saturated heterocycles. The van der Waals surface area contributed by atoms with E-state index in [4.69, 9.17) is 0 Å². The fourth-order valence-corrected chi connectivity index (χ4v) is 3.29. The number of amides is 4. The first kappa shape index (κ1) is 20.3. The Morgan fingerprint density at radius 2 is 1.66 bits per heavy atom. The SMILES string of the molecule is CCN(Cc1cccc(NC(=O)CCN2C(=O)c3ccccc3C2=O)c1)C(C)=O. The van der Waals surface area contributed by atoms with Gasteiger partial charge in [-0.25, -0.2) is 0 Å². The van der Waals surface area contributed by atoms with Crippen LogP contribution < -0.4 is 5.32 Å². The van der Waals surface area contributed by atoms with E-state index in [0.717, 1.165) is 10.5 Å². The average Bonchev–Trinajstić information content (AvgIpc) is 2.95. The molecule has 0 unspecified atom stereocenters. The van der Waals surface area contributed by atoms with Gasteiger partial charge in [0.2, 0.25) is 11.8 Å². The van der Waals surface area contributed by atoms with Crippen LogP contribution in [0.5, 0.6) is 0 Å².